The third kappa shape index (κ3) is 4.86. The molecule has 0 fully saturated rings. The largest absolute Gasteiger partial charge is 0.325 e. The maximum Gasteiger partial charge on any atom is 0.234 e. The summed E-state index contributed by atoms with van der Waals surface area (Å²) in [6.07, 6.45) is 0. The Labute approximate surface area is 185 Å². The van der Waals surface area contributed by atoms with E-state index in [9.17, 15) is 9.59 Å². The molecule has 4 rings (SSSR count). The van der Waals surface area contributed by atoms with Gasteiger partial charge in [-0.1, -0.05) is 48.2 Å². The summed E-state index contributed by atoms with van der Waals surface area (Å²) in [5, 5.41) is 3.69. The molecule has 0 bridgehead atoms. The minimum atomic E-state index is -0.116. The minimum absolute atomic E-state index is 0.000914. The highest BCUT2D eigenvalue weighted by molar-refractivity contribution is 7.99. The Hall–Kier alpha value is -3.38. The Kier molecular flexibility index (Phi) is 6.18. The van der Waals surface area contributed by atoms with Crippen molar-refractivity contribution in [2.45, 2.75) is 25.5 Å². The van der Waals surface area contributed by atoms with E-state index >= 15 is 0 Å². The van der Waals surface area contributed by atoms with Crippen molar-refractivity contribution >= 4 is 40.2 Å². The van der Waals surface area contributed by atoms with E-state index in [-0.39, 0.29) is 17.4 Å². The van der Waals surface area contributed by atoms with Crippen molar-refractivity contribution in [3.05, 3.63) is 89.5 Å². The molecule has 1 N–H and O–H groups in total. The zero-order valence-corrected chi connectivity index (χ0v) is 18.3. The maximum absolute atomic E-state index is 12.5. The van der Waals surface area contributed by atoms with Crippen LogP contribution >= 0.6 is 11.8 Å². The lowest BCUT2D eigenvalue weighted by atomic mass is 10.1. The van der Waals surface area contributed by atoms with Crippen LogP contribution in [0.2, 0.25) is 0 Å². The second-order valence-corrected chi connectivity index (χ2v) is 8.31. The number of para-hydroxylation sites is 2. The zero-order chi connectivity index (χ0) is 21.8. The van der Waals surface area contributed by atoms with Crippen molar-refractivity contribution in [2.24, 2.45) is 0 Å². The fraction of sp³-hybridized carbons (Fsp3) is 0.160. The Morgan fingerprint density at radius 2 is 1.68 bits per heavy atom. The van der Waals surface area contributed by atoms with E-state index < -0.39 is 0 Å². The van der Waals surface area contributed by atoms with Crippen LogP contribution in [0.5, 0.6) is 0 Å². The Morgan fingerprint density at radius 1 is 0.968 bits per heavy atom. The van der Waals surface area contributed by atoms with Crippen LogP contribution in [-0.2, 0) is 11.3 Å². The van der Waals surface area contributed by atoms with Gasteiger partial charge in [0.2, 0.25) is 5.91 Å². The molecule has 0 aliphatic carbocycles. The van der Waals surface area contributed by atoms with Gasteiger partial charge in [0.15, 0.2) is 10.9 Å². The average molecular weight is 430 g/mol. The second-order valence-electron chi connectivity index (χ2n) is 7.37. The molecular weight excluding hydrogens is 406 g/mol. The van der Waals surface area contributed by atoms with Crippen LogP contribution in [0.25, 0.3) is 11.0 Å². The number of carbonyl (C=O) groups excluding carboxylic acids is 2. The van der Waals surface area contributed by atoms with E-state index in [2.05, 4.69) is 35.0 Å². The predicted octanol–water partition coefficient (Wildman–Crippen LogP) is 5.33. The number of carbonyl (C=O) groups is 2. The summed E-state index contributed by atoms with van der Waals surface area (Å²) in [6, 6.07) is 23.2. The minimum Gasteiger partial charge on any atom is -0.325 e. The normalized spacial score (nSPS) is 10.9. The number of hydrogen-bond acceptors (Lipinski definition) is 4. The van der Waals surface area contributed by atoms with Crippen molar-refractivity contribution in [1.82, 2.24) is 9.55 Å². The maximum atomic E-state index is 12.5. The molecule has 0 saturated carbocycles. The quantitative estimate of drug-likeness (QED) is 0.319. The Balaban J connectivity index is 1.50. The summed E-state index contributed by atoms with van der Waals surface area (Å²) in [7, 11) is 0. The number of nitrogens with one attached hydrogen (secondary N) is 1. The molecule has 0 saturated heterocycles. The fourth-order valence-electron chi connectivity index (χ4n) is 3.39. The SMILES string of the molecule is CC(=O)c1ccc(NC(=O)CSc2nc3ccccc3n2Cc2ccccc2C)cc1. The molecule has 0 radical (unpaired) electrons. The van der Waals surface area contributed by atoms with Gasteiger partial charge in [0, 0.05) is 11.3 Å². The molecule has 0 aliphatic heterocycles. The number of hydrogen-bond donors (Lipinski definition) is 1. The van der Waals surface area contributed by atoms with Gasteiger partial charge in [0.1, 0.15) is 0 Å². The number of ketones is 1. The number of imidazole rings is 1. The van der Waals surface area contributed by atoms with Crippen LogP contribution in [-0.4, -0.2) is 27.0 Å². The zero-order valence-electron chi connectivity index (χ0n) is 17.5. The third-order valence-corrected chi connectivity index (χ3v) is 6.09. The number of amides is 1. The van der Waals surface area contributed by atoms with Crippen molar-refractivity contribution in [1.29, 1.82) is 0 Å². The number of fused-ring (bicyclic) bond motifs is 1. The van der Waals surface area contributed by atoms with Gasteiger partial charge in [-0.2, -0.15) is 0 Å². The monoisotopic (exact) mass is 429 g/mol. The van der Waals surface area contributed by atoms with Crippen LogP contribution < -0.4 is 5.32 Å². The molecule has 5 nitrogen and oxygen atoms in total. The summed E-state index contributed by atoms with van der Waals surface area (Å²) in [4.78, 5) is 28.7. The average Bonchev–Trinajstić information content (AvgIpc) is 3.12. The molecule has 31 heavy (non-hydrogen) atoms. The molecule has 1 aromatic heterocycles. The van der Waals surface area contributed by atoms with Crippen molar-refractivity contribution in [2.75, 3.05) is 11.1 Å². The Bertz CT molecular complexity index is 1250. The molecule has 0 aliphatic rings. The lowest BCUT2D eigenvalue weighted by molar-refractivity contribution is -0.113. The highest BCUT2D eigenvalue weighted by Crippen LogP contribution is 2.26. The number of aryl methyl sites for hydroxylation is 1. The number of Topliss-reactive ketones (excluding diaryl/α,β-unsaturated/α-hetero) is 1. The number of aromatic nitrogens is 2. The van der Waals surface area contributed by atoms with Gasteiger partial charge < -0.3 is 9.88 Å². The van der Waals surface area contributed by atoms with Gasteiger partial charge in [-0.3, -0.25) is 9.59 Å². The molecule has 4 aromatic rings. The lowest BCUT2D eigenvalue weighted by Crippen LogP contribution is -2.15. The van der Waals surface area contributed by atoms with Crippen molar-refractivity contribution < 1.29 is 9.59 Å². The van der Waals surface area contributed by atoms with Crippen LogP contribution in [0.15, 0.2) is 78.0 Å². The first kappa shape index (κ1) is 20.9. The third-order valence-electron chi connectivity index (χ3n) is 5.12. The van der Waals surface area contributed by atoms with Crippen LogP contribution in [0.3, 0.4) is 0 Å². The first-order valence-corrected chi connectivity index (χ1v) is 11.0. The van der Waals surface area contributed by atoms with Crippen molar-refractivity contribution in [3.63, 3.8) is 0 Å². The first-order valence-electron chi connectivity index (χ1n) is 10.0. The molecule has 0 atom stereocenters. The summed E-state index contributed by atoms with van der Waals surface area (Å²) >= 11 is 1.42. The highest BCUT2D eigenvalue weighted by Gasteiger charge is 2.14. The fourth-order valence-corrected chi connectivity index (χ4v) is 4.20. The highest BCUT2D eigenvalue weighted by atomic mass is 32.2. The Morgan fingerprint density at radius 3 is 2.42 bits per heavy atom. The van der Waals surface area contributed by atoms with Gasteiger partial charge in [0.25, 0.3) is 0 Å². The van der Waals surface area contributed by atoms with E-state index in [1.54, 1.807) is 24.3 Å². The molecule has 0 unspecified atom stereocenters. The summed E-state index contributed by atoms with van der Waals surface area (Å²) < 4.78 is 2.16. The first-order chi connectivity index (χ1) is 15.0. The van der Waals surface area contributed by atoms with E-state index in [0.717, 1.165) is 16.2 Å². The standard InChI is InChI=1S/C25H23N3O2S/c1-17-7-3-4-8-20(17)15-28-23-10-6-5-9-22(23)27-25(28)31-16-24(30)26-21-13-11-19(12-14-21)18(2)29/h3-14H,15-16H2,1-2H3,(H,26,30). The van der Waals surface area contributed by atoms with Gasteiger partial charge in [-0.15, -0.1) is 0 Å². The van der Waals surface area contributed by atoms with E-state index in [1.165, 1.54) is 29.8 Å². The van der Waals surface area contributed by atoms with Crippen LogP contribution in [0.1, 0.15) is 28.4 Å². The molecule has 3 aromatic carbocycles. The van der Waals surface area contributed by atoms with Crippen molar-refractivity contribution in [3.8, 4) is 0 Å². The predicted molar refractivity (Wildman–Crippen MR) is 126 cm³/mol. The van der Waals surface area contributed by atoms with E-state index in [1.807, 2.05) is 30.3 Å². The van der Waals surface area contributed by atoms with Crippen LogP contribution in [0, 0.1) is 6.92 Å². The van der Waals surface area contributed by atoms with Gasteiger partial charge in [-0.05, 0) is 61.4 Å². The number of benzene rings is 3. The number of thioether (sulfide) groups is 1. The second kappa shape index (κ2) is 9.18. The topological polar surface area (TPSA) is 64.0 Å². The molecule has 0 spiro atoms. The van der Waals surface area contributed by atoms with E-state index in [0.29, 0.717) is 17.8 Å². The number of anilines is 1. The smallest absolute Gasteiger partial charge is 0.234 e. The van der Waals surface area contributed by atoms with Gasteiger partial charge >= 0.3 is 0 Å². The number of rotatable bonds is 7. The lowest BCUT2D eigenvalue weighted by Gasteiger charge is -2.11. The molecular formula is C25H23N3O2S. The van der Waals surface area contributed by atoms with Gasteiger partial charge in [-0.25, -0.2) is 4.98 Å². The number of nitrogens with zero attached hydrogens (tertiary/aromatic N) is 2. The molecule has 6 heteroatoms. The summed E-state index contributed by atoms with van der Waals surface area (Å²) in [5.41, 5.74) is 5.71. The van der Waals surface area contributed by atoms with Crippen LogP contribution in [0.4, 0.5) is 5.69 Å². The molecule has 1 heterocycles. The summed E-state index contributed by atoms with van der Waals surface area (Å²) in [5.74, 6) is 0.127. The molecule has 156 valence electrons. The summed E-state index contributed by atoms with van der Waals surface area (Å²) in [6.45, 7) is 4.32. The van der Waals surface area contributed by atoms with E-state index in [4.69, 9.17) is 4.98 Å². The molecule has 1 amide bonds. The van der Waals surface area contributed by atoms with Gasteiger partial charge in [0.05, 0.1) is 23.3 Å².